The fourth-order valence-electron chi connectivity index (χ4n) is 5.04. The first-order chi connectivity index (χ1) is 17.4. The van der Waals surface area contributed by atoms with Crippen molar-refractivity contribution in [3.05, 3.63) is 53.1 Å². The van der Waals surface area contributed by atoms with E-state index >= 15 is 0 Å². The molecule has 0 saturated carbocycles. The van der Waals surface area contributed by atoms with Crippen LogP contribution in [0.2, 0.25) is 0 Å². The standard InChI is InChI=1S/C30H41NO5S/c1-7-9-22-28(34)19(3)11-8-10-18(2)12-14-24(21-13-15-25-23(16-21)31-20(4)37-25)36-27(33)17-26(32)30(5,6)29(22)35/h7,12-13,15-16,19,22,24,26,28,32,34H,1,8-11,14,17H2,2-6H3/b18-12-/t19-,22+,24?,26-,28-/m0/s1. The number of esters is 1. The van der Waals surface area contributed by atoms with Crippen molar-refractivity contribution in [1.29, 1.82) is 0 Å². The van der Waals surface area contributed by atoms with Gasteiger partial charge in [0, 0.05) is 12.3 Å². The molecule has 2 N–H and O–H groups in total. The van der Waals surface area contributed by atoms with Crippen LogP contribution >= 0.6 is 11.3 Å². The molecule has 0 bridgehead atoms. The highest BCUT2D eigenvalue weighted by atomic mass is 32.1. The normalized spacial score (nSPS) is 29.9. The highest BCUT2D eigenvalue weighted by molar-refractivity contribution is 7.18. The number of cyclic esters (lactones) is 1. The van der Waals surface area contributed by atoms with Gasteiger partial charge in [0.15, 0.2) is 0 Å². The van der Waals surface area contributed by atoms with Crippen molar-refractivity contribution in [3.8, 4) is 0 Å². The first-order valence-corrected chi connectivity index (χ1v) is 14.0. The van der Waals surface area contributed by atoms with E-state index in [0.29, 0.717) is 12.8 Å². The van der Waals surface area contributed by atoms with Crippen molar-refractivity contribution >= 4 is 33.3 Å². The van der Waals surface area contributed by atoms with Crippen molar-refractivity contribution in [2.75, 3.05) is 0 Å². The summed E-state index contributed by atoms with van der Waals surface area (Å²) in [6, 6.07) is 5.93. The molecule has 37 heavy (non-hydrogen) atoms. The van der Waals surface area contributed by atoms with Gasteiger partial charge in [0.2, 0.25) is 0 Å². The fraction of sp³-hybridized carbons (Fsp3) is 0.567. The second kappa shape index (κ2) is 12.5. The van der Waals surface area contributed by atoms with Crippen LogP contribution in [0.15, 0.2) is 42.5 Å². The van der Waals surface area contributed by atoms with Crippen LogP contribution < -0.4 is 0 Å². The Morgan fingerprint density at radius 1 is 1.24 bits per heavy atom. The molecule has 3 rings (SSSR count). The summed E-state index contributed by atoms with van der Waals surface area (Å²) >= 11 is 1.62. The van der Waals surface area contributed by atoms with Gasteiger partial charge >= 0.3 is 5.97 Å². The van der Waals surface area contributed by atoms with E-state index in [0.717, 1.165) is 40.1 Å². The molecule has 202 valence electrons. The number of nitrogens with zero attached hydrogens (tertiary/aromatic N) is 1. The lowest BCUT2D eigenvalue weighted by atomic mass is 9.71. The zero-order valence-corrected chi connectivity index (χ0v) is 23.5. The molecule has 5 atom stereocenters. The molecule has 1 unspecified atom stereocenters. The Bertz CT molecular complexity index is 1150. The Hall–Kier alpha value is -2.35. The van der Waals surface area contributed by atoms with Crippen LogP contribution in [0.3, 0.4) is 0 Å². The Morgan fingerprint density at radius 3 is 2.68 bits per heavy atom. The monoisotopic (exact) mass is 527 g/mol. The topological polar surface area (TPSA) is 96.7 Å². The minimum atomic E-state index is -1.25. The number of ketones is 1. The maximum atomic E-state index is 13.6. The molecule has 1 aliphatic heterocycles. The summed E-state index contributed by atoms with van der Waals surface area (Å²) in [5.74, 6) is -1.62. The van der Waals surface area contributed by atoms with Gasteiger partial charge in [-0.2, -0.15) is 0 Å². The number of carbonyl (C=O) groups excluding carboxylic acids is 2. The molecule has 1 aromatic carbocycles. The lowest BCUT2D eigenvalue weighted by molar-refractivity contribution is -0.156. The molecule has 6 nitrogen and oxygen atoms in total. The van der Waals surface area contributed by atoms with Gasteiger partial charge in [-0.25, -0.2) is 4.98 Å². The molecule has 0 amide bonds. The zero-order valence-electron chi connectivity index (χ0n) is 22.7. The maximum absolute atomic E-state index is 13.6. The lowest BCUT2D eigenvalue weighted by Gasteiger charge is -2.35. The number of aliphatic hydroxyl groups is 2. The third-order valence-electron chi connectivity index (χ3n) is 7.66. The number of allylic oxidation sites excluding steroid dienone is 2. The highest BCUT2D eigenvalue weighted by Crippen LogP contribution is 2.35. The predicted molar refractivity (Wildman–Crippen MR) is 148 cm³/mol. The number of hydrogen-bond donors (Lipinski definition) is 2. The van der Waals surface area contributed by atoms with Gasteiger partial charge in [0.1, 0.15) is 11.9 Å². The average molecular weight is 528 g/mol. The minimum Gasteiger partial charge on any atom is -0.457 e. The third-order valence-corrected chi connectivity index (χ3v) is 8.61. The molecule has 0 saturated heterocycles. The molecule has 1 aliphatic rings. The van der Waals surface area contributed by atoms with Gasteiger partial charge < -0.3 is 14.9 Å². The number of aromatic nitrogens is 1. The van der Waals surface area contributed by atoms with Gasteiger partial charge in [0.05, 0.1) is 39.3 Å². The van der Waals surface area contributed by atoms with Crippen molar-refractivity contribution < 1.29 is 24.5 Å². The second-order valence-corrected chi connectivity index (χ2v) is 12.3. The lowest BCUT2D eigenvalue weighted by Crippen LogP contribution is -2.46. The minimum absolute atomic E-state index is 0.0893. The van der Waals surface area contributed by atoms with Crippen molar-refractivity contribution in [3.63, 3.8) is 0 Å². The van der Waals surface area contributed by atoms with E-state index in [4.69, 9.17) is 4.74 Å². The summed E-state index contributed by atoms with van der Waals surface area (Å²) in [5, 5.41) is 23.1. The van der Waals surface area contributed by atoms with Crippen LogP contribution in [0.25, 0.3) is 10.2 Å². The molecule has 7 heteroatoms. The molecule has 2 aromatic rings. The third kappa shape index (κ3) is 7.15. The van der Waals surface area contributed by atoms with Gasteiger partial charge in [-0.3, -0.25) is 9.59 Å². The van der Waals surface area contributed by atoms with Crippen LogP contribution in [-0.4, -0.2) is 39.2 Å². The van der Waals surface area contributed by atoms with Crippen molar-refractivity contribution in [1.82, 2.24) is 4.98 Å². The number of carbonyl (C=O) groups is 2. The maximum Gasteiger partial charge on any atom is 0.309 e. The number of hydrogen-bond acceptors (Lipinski definition) is 7. The Morgan fingerprint density at radius 2 is 1.97 bits per heavy atom. The van der Waals surface area contributed by atoms with Crippen molar-refractivity contribution in [2.45, 2.75) is 91.5 Å². The molecule has 0 radical (unpaired) electrons. The van der Waals surface area contributed by atoms with Crippen molar-refractivity contribution in [2.24, 2.45) is 17.3 Å². The first-order valence-electron chi connectivity index (χ1n) is 13.2. The van der Waals surface area contributed by atoms with Gasteiger partial charge in [-0.1, -0.05) is 44.6 Å². The average Bonchev–Trinajstić information content (AvgIpc) is 3.22. The highest BCUT2D eigenvalue weighted by Gasteiger charge is 2.43. The molecular weight excluding hydrogens is 486 g/mol. The number of benzene rings is 1. The summed E-state index contributed by atoms with van der Waals surface area (Å²) in [6.07, 6.45) is 4.10. The number of thiazole rings is 1. The molecular formula is C30H41NO5S. The van der Waals surface area contributed by atoms with Gasteiger partial charge in [-0.15, -0.1) is 17.9 Å². The van der Waals surface area contributed by atoms with Crippen LogP contribution in [-0.2, 0) is 14.3 Å². The Labute approximate surface area is 224 Å². The zero-order chi connectivity index (χ0) is 27.3. The van der Waals surface area contributed by atoms with Crippen LogP contribution in [0, 0.1) is 24.2 Å². The quantitative estimate of drug-likeness (QED) is 0.362. The van der Waals surface area contributed by atoms with E-state index in [2.05, 4.69) is 24.6 Å². The fourth-order valence-corrected chi connectivity index (χ4v) is 5.84. The number of ether oxygens (including phenoxy) is 1. The number of aryl methyl sites for hydroxylation is 1. The largest absolute Gasteiger partial charge is 0.457 e. The SMILES string of the molecule is C=CC[C@H]1C(=O)C(C)(C)[C@@H](O)CC(=O)OC(c2ccc3sc(C)nc3c2)C/C=C(/C)CCC[C@H](C)[C@@H]1O. The van der Waals surface area contributed by atoms with E-state index in [9.17, 15) is 19.8 Å². The molecule has 2 heterocycles. The summed E-state index contributed by atoms with van der Waals surface area (Å²) in [6.45, 7) is 13.0. The Balaban J connectivity index is 1.93. The number of aliphatic hydroxyl groups excluding tert-OH is 2. The van der Waals surface area contributed by atoms with Crippen LogP contribution in [0.1, 0.15) is 82.9 Å². The molecule has 1 aromatic heterocycles. The summed E-state index contributed by atoms with van der Waals surface area (Å²) in [5.41, 5.74) is 1.66. The second-order valence-electron chi connectivity index (χ2n) is 11.0. The summed E-state index contributed by atoms with van der Waals surface area (Å²) in [7, 11) is 0. The summed E-state index contributed by atoms with van der Waals surface area (Å²) < 4.78 is 6.99. The van der Waals surface area contributed by atoms with Crippen LogP contribution in [0.4, 0.5) is 0 Å². The molecule has 0 fully saturated rings. The number of fused-ring (bicyclic) bond motifs is 1. The van der Waals surface area contributed by atoms with Crippen LogP contribution in [0.5, 0.6) is 0 Å². The van der Waals surface area contributed by atoms with E-state index < -0.39 is 35.6 Å². The predicted octanol–water partition coefficient (Wildman–Crippen LogP) is 6.24. The summed E-state index contributed by atoms with van der Waals surface area (Å²) in [4.78, 5) is 31.2. The van der Waals surface area contributed by atoms with E-state index in [1.165, 1.54) is 5.57 Å². The van der Waals surface area contributed by atoms with Gasteiger partial charge in [-0.05, 0) is 63.1 Å². The molecule has 0 spiro atoms. The number of rotatable bonds is 3. The number of Topliss-reactive ketones (excluding diaryl/α,β-unsaturated/α-hetero) is 1. The smallest absolute Gasteiger partial charge is 0.309 e. The van der Waals surface area contributed by atoms with E-state index in [1.54, 1.807) is 31.3 Å². The van der Waals surface area contributed by atoms with E-state index in [1.807, 2.05) is 32.0 Å². The Kier molecular flexibility index (Phi) is 9.84. The van der Waals surface area contributed by atoms with E-state index in [-0.39, 0.29) is 18.1 Å². The van der Waals surface area contributed by atoms with Gasteiger partial charge in [0.25, 0.3) is 0 Å². The molecule has 0 aliphatic carbocycles. The first kappa shape index (κ1) is 29.2.